The van der Waals surface area contributed by atoms with Crippen LogP contribution in [-0.4, -0.2) is 17.5 Å². The minimum Gasteiger partial charge on any atom is -0.466 e. The summed E-state index contributed by atoms with van der Waals surface area (Å²) in [5, 5.41) is 2.71. The molecule has 2 aromatic rings. The van der Waals surface area contributed by atoms with Gasteiger partial charge in [0.15, 0.2) is 6.61 Å². The third-order valence-electron chi connectivity index (χ3n) is 2.74. The number of benzene rings is 1. The Morgan fingerprint density at radius 1 is 1.11 bits per heavy atom. The maximum atomic E-state index is 11.1. The van der Waals surface area contributed by atoms with Gasteiger partial charge in [-0.15, -0.1) is 0 Å². The lowest BCUT2D eigenvalue weighted by Crippen LogP contribution is -2.26. The summed E-state index contributed by atoms with van der Waals surface area (Å²) in [5.41, 5.74) is 2.52. The second kappa shape index (κ2) is 4.94. The first-order valence-corrected chi connectivity index (χ1v) is 5.98. The Bertz CT molecular complexity index is 636. The van der Waals surface area contributed by atoms with Gasteiger partial charge in [-0.3, -0.25) is 4.79 Å². The molecule has 19 heavy (non-hydrogen) atoms. The first-order chi connectivity index (χ1) is 9.31. The van der Waals surface area contributed by atoms with Crippen LogP contribution in [0.5, 0.6) is 5.88 Å². The summed E-state index contributed by atoms with van der Waals surface area (Å²) < 4.78 is 5.27. The molecule has 1 amide bonds. The molecule has 1 N–H and O–H groups in total. The number of hydrogen-bond acceptors (Lipinski definition) is 3. The van der Waals surface area contributed by atoms with E-state index in [1.807, 2.05) is 48.6 Å². The molecule has 0 aliphatic carbocycles. The molecule has 0 atom stereocenters. The van der Waals surface area contributed by atoms with E-state index < -0.39 is 0 Å². The summed E-state index contributed by atoms with van der Waals surface area (Å²) >= 11 is 0. The molecule has 1 aromatic carbocycles. The number of ether oxygens (including phenoxy) is 1. The molecule has 0 saturated carbocycles. The number of carbonyl (C=O) groups excluding carboxylic acids is 1. The molecule has 0 unspecified atom stereocenters. The van der Waals surface area contributed by atoms with Crippen LogP contribution in [0.25, 0.3) is 12.2 Å². The molecule has 0 fully saturated rings. The molecule has 94 valence electrons. The molecule has 1 aliphatic heterocycles. The first-order valence-electron chi connectivity index (χ1n) is 5.98. The number of rotatable bonds is 2. The summed E-state index contributed by atoms with van der Waals surface area (Å²) in [6.07, 6.45) is 3.89. The lowest BCUT2D eigenvalue weighted by atomic mass is 10.2. The van der Waals surface area contributed by atoms with E-state index in [1.54, 1.807) is 6.07 Å². The van der Waals surface area contributed by atoms with E-state index in [4.69, 9.17) is 4.74 Å². The van der Waals surface area contributed by atoms with Gasteiger partial charge in [0.2, 0.25) is 5.88 Å². The van der Waals surface area contributed by atoms with Gasteiger partial charge in [-0.1, -0.05) is 36.4 Å². The molecule has 2 heterocycles. The van der Waals surface area contributed by atoms with E-state index in [1.165, 1.54) is 0 Å². The van der Waals surface area contributed by atoms with Crippen LogP contribution in [0.2, 0.25) is 0 Å². The molecule has 0 saturated heterocycles. The number of pyridine rings is 1. The Morgan fingerprint density at radius 2 is 1.95 bits per heavy atom. The molecule has 1 aromatic heterocycles. The number of hydrogen-bond donors (Lipinski definition) is 1. The highest BCUT2D eigenvalue weighted by Gasteiger charge is 2.16. The van der Waals surface area contributed by atoms with Crippen LogP contribution in [0.3, 0.4) is 0 Å². The average molecular weight is 252 g/mol. The van der Waals surface area contributed by atoms with Gasteiger partial charge in [0.05, 0.1) is 5.69 Å². The summed E-state index contributed by atoms with van der Waals surface area (Å²) in [7, 11) is 0. The van der Waals surface area contributed by atoms with Crippen molar-refractivity contribution in [2.75, 3.05) is 11.9 Å². The van der Waals surface area contributed by atoms with Gasteiger partial charge in [-0.25, -0.2) is 4.98 Å². The maximum absolute atomic E-state index is 11.1. The highest BCUT2D eigenvalue weighted by atomic mass is 16.5. The van der Waals surface area contributed by atoms with Crippen molar-refractivity contribution >= 4 is 23.7 Å². The third-order valence-corrected chi connectivity index (χ3v) is 2.74. The Balaban J connectivity index is 1.83. The van der Waals surface area contributed by atoms with Gasteiger partial charge in [0, 0.05) is 0 Å². The standard InChI is InChI=1S/C15H12N2O2/c18-14-10-19-15-13(17-14)9-8-12(16-15)7-6-11-4-2-1-3-5-11/h1-9H,10H2,(H,17,18)/b7-6+. The number of carbonyl (C=O) groups is 1. The van der Waals surface area contributed by atoms with E-state index in [0.717, 1.165) is 11.3 Å². The van der Waals surface area contributed by atoms with Crippen molar-refractivity contribution in [3.05, 3.63) is 53.7 Å². The molecular weight excluding hydrogens is 240 g/mol. The van der Waals surface area contributed by atoms with Gasteiger partial charge in [0.25, 0.3) is 5.91 Å². The number of anilines is 1. The fourth-order valence-corrected chi connectivity index (χ4v) is 1.82. The molecule has 0 spiro atoms. The maximum Gasteiger partial charge on any atom is 0.262 e. The summed E-state index contributed by atoms with van der Waals surface area (Å²) in [5.74, 6) is 0.316. The van der Waals surface area contributed by atoms with E-state index in [9.17, 15) is 4.79 Å². The van der Waals surface area contributed by atoms with E-state index in [0.29, 0.717) is 11.6 Å². The average Bonchev–Trinajstić information content (AvgIpc) is 2.46. The first kappa shape index (κ1) is 11.5. The van der Waals surface area contributed by atoms with Crippen molar-refractivity contribution in [3.8, 4) is 5.88 Å². The summed E-state index contributed by atoms with van der Waals surface area (Å²) in [6, 6.07) is 13.6. The largest absolute Gasteiger partial charge is 0.466 e. The van der Waals surface area contributed by atoms with E-state index >= 15 is 0 Å². The van der Waals surface area contributed by atoms with E-state index in [-0.39, 0.29) is 12.5 Å². The molecule has 0 radical (unpaired) electrons. The molecule has 0 bridgehead atoms. The van der Waals surface area contributed by atoms with Crippen LogP contribution >= 0.6 is 0 Å². The summed E-state index contributed by atoms with van der Waals surface area (Å²) in [6.45, 7) is 0.0197. The lowest BCUT2D eigenvalue weighted by Gasteiger charge is -2.16. The Morgan fingerprint density at radius 3 is 2.79 bits per heavy atom. The van der Waals surface area contributed by atoms with Crippen molar-refractivity contribution in [1.29, 1.82) is 0 Å². The highest BCUT2D eigenvalue weighted by molar-refractivity contribution is 5.95. The lowest BCUT2D eigenvalue weighted by molar-refractivity contribution is -0.118. The zero-order valence-corrected chi connectivity index (χ0v) is 10.2. The van der Waals surface area contributed by atoms with Crippen molar-refractivity contribution in [1.82, 2.24) is 4.98 Å². The molecular formula is C15H12N2O2. The van der Waals surface area contributed by atoms with Crippen molar-refractivity contribution < 1.29 is 9.53 Å². The van der Waals surface area contributed by atoms with Gasteiger partial charge in [-0.2, -0.15) is 0 Å². The Labute approximate surface area is 110 Å². The monoisotopic (exact) mass is 252 g/mol. The Hall–Kier alpha value is -2.62. The van der Waals surface area contributed by atoms with Crippen LogP contribution in [0.1, 0.15) is 11.3 Å². The van der Waals surface area contributed by atoms with Crippen LogP contribution in [0.4, 0.5) is 5.69 Å². The topological polar surface area (TPSA) is 51.2 Å². The van der Waals surface area contributed by atoms with Crippen molar-refractivity contribution in [3.63, 3.8) is 0 Å². The van der Waals surface area contributed by atoms with Crippen molar-refractivity contribution in [2.45, 2.75) is 0 Å². The second-order valence-corrected chi connectivity index (χ2v) is 4.17. The smallest absolute Gasteiger partial charge is 0.262 e. The van der Waals surface area contributed by atoms with E-state index in [2.05, 4.69) is 10.3 Å². The SMILES string of the molecule is O=C1COc2nc(/C=C/c3ccccc3)ccc2N1. The van der Waals surface area contributed by atoms with Gasteiger partial charge >= 0.3 is 0 Å². The second-order valence-electron chi connectivity index (χ2n) is 4.17. The molecule has 4 nitrogen and oxygen atoms in total. The zero-order chi connectivity index (χ0) is 13.1. The van der Waals surface area contributed by atoms with Crippen LogP contribution < -0.4 is 10.1 Å². The van der Waals surface area contributed by atoms with Crippen LogP contribution in [-0.2, 0) is 4.79 Å². The van der Waals surface area contributed by atoms with Crippen molar-refractivity contribution in [2.24, 2.45) is 0 Å². The van der Waals surface area contributed by atoms with Gasteiger partial charge in [0.1, 0.15) is 5.69 Å². The predicted molar refractivity (Wildman–Crippen MR) is 73.7 cm³/mol. The molecule has 4 heteroatoms. The van der Waals surface area contributed by atoms with Crippen LogP contribution in [0, 0.1) is 0 Å². The fourth-order valence-electron chi connectivity index (χ4n) is 1.82. The number of aromatic nitrogens is 1. The number of fused-ring (bicyclic) bond motifs is 1. The molecule has 1 aliphatic rings. The third kappa shape index (κ3) is 2.63. The van der Waals surface area contributed by atoms with Crippen LogP contribution in [0.15, 0.2) is 42.5 Å². The molecule has 3 rings (SSSR count). The van der Waals surface area contributed by atoms with Gasteiger partial charge < -0.3 is 10.1 Å². The number of amides is 1. The zero-order valence-electron chi connectivity index (χ0n) is 10.2. The number of nitrogens with one attached hydrogen (secondary N) is 1. The quantitative estimate of drug-likeness (QED) is 0.893. The minimum atomic E-state index is -0.151. The Kier molecular flexibility index (Phi) is 2.98. The fraction of sp³-hybridized carbons (Fsp3) is 0.0667. The predicted octanol–water partition coefficient (Wildman–Crippen LogP) is 2.58. The normalized spacial score (nSPS) is 13.8. The highest BCUT2D eigenvalue weighted by Crippen LogP contribution is 2.25. The summed E-state index contributed by atoms with van der Waals surface area (Å²) in [4.78, 5) is 15.5. The number of nitrogens with zero attached hydrogens (tertiary/aromatic N) is 1. The van der Waals surface area contributed by atoms with Gasteiger partial charge in [-0.05, 0) is 23.8 Å². The minimum absolute atomic E-state index is 0.0197.